The molecule has 0 bridgehead atoms. The molecule has 6 nitrogen and oxygen atoms in total. The minimum Gasteiger partial charge on any atom is -0.494 e. The lowest BCUT2D eigenvalue weighted by Gasteiger charge is -2.05. The van der Waals surface area contributed by atoms with Crippen LogP contribution in [0.5, 0.6) is 5.75 Å². The minimum atomic E-state index is -0.343. The number of ether oxygens (including phenoxy) is 1. The number of nitrogens with one attached hydrogen (secondary N) is 2. The van der Waals surface area contributed by atoms with Crippen molar-refractivity contribution in [1.29, 1.82) is 0 Å². The highest BCUT2D eigenvalue weighted by atomic mass is 16.5. The molecule has 2 N–H and O–H groups in total. The molecule has 1 heterocycles. The maximum Gasteiger partial charge on any atom is 0.291 e. The molecule has 0 spiro atoms. The van der Waals surface area contributed by atoms with Crippen LogP contribution in [0, 0.1) is 6.92 Å². The van der Waals surface area contributed by atoms with Crippen LogP contribution in [-0.4, -0.2) is 28.4 Å². The number of H-pyrrole nitrogens is 1. The smallest absolute Gasteiger partial charge is 0.291 e. The summed E-state index contributed by atoms with van der Waals surface area (Å²) in [5.74, 6) is 0.467. The Balaban J connectivity index is 2.01. The number of aromatic nitrogens is 2. The van der Waals surface area contributed by atoms with Crippen molar-refractivity contribution in [3.8, 4) is 5.75 Å². The molecule has 0 aliphatic heterocycles. The van der Waals surface area contributed by atoms with Gasteiger partial charge >= 0.3 is 0 Å². The summed E-state index contributed by atoms with van der Waals surface area (Å²) in [6, 6.07) is 9.20. The summed E-state index contributed by atoms with van der Waals surface area (Å²) >= 11 is 0. The first kappa shape index (κ1) is 14.8. The van der Waals surface area contributed by atoms with Crippen molar-refractivity contribution in [2.45, 2.75) is 20.8 Å². The summed E-state index contributed by atoms with van der Waals surface area (Å²) < 4.78 is 5.38. The van der Waals surface area contributed by atoms with Crippen molar-refractivity contribution < 1.29 is 9.53 Å². The second kappa shape index (κ2) is 6.69. The highest BCUT2D eigenvalue weighted by Gasteiger charge is 2.08. The van der Waals surface area contributed by atoms with Gasteiger partial charge < -0.3 is 4.74 Å². The lowest BCUT2D eigenvalue weighted by Crippen LogP contribution is -2.19. The Morgan fingerprint density at radius 1 is 1.38 bits per heavy atom. The Labute approximate surface area is 123 Å². The van der Waals surface area contributed by atoms with Gasteiger partial charge in [-0.25, -0.2) is 5.43 Å². The standard InChI is InChI=1S/C15H18N4O2/c1-4-21-13-7-5-12(6-8-13)11(3)17-19-15(20)14-9-10(2)16-18-14/h5-9H,4H2,1-3H3,(H,16,18)(H,19,20). The topological polar surface area (TPSA) is 79.4 Å². The lowest BCUT2D eigenvalue weighted by atomic mass is 10.1. The van der Waals surface area contributed by atoms with Crippen molar-refractivity contribution in [1.82, 2.24) is 15.6 Å². The van der Waals surface area contributed by atoms with Crippen LogP contribution in [0.4, 0.5) is 0 Å². The molecule has 0 fully saturated rings. The third-order valence-electron chi connectivity index (χ3n) is 2.85. The Hall–Kier alpha value is -2.63. The summed E-state index contributed by atoms with van der Waals surface area (Å²) in [5, 5.41) is 10.7. The molecule has 6 heteroatoms. The molecule has 0 aliphatic rings. The average Bonchev–Trinajstić information content (AvgIpc) is 2.92. The quantitative estimate of drug-likeness (QED) is 0.653. The molecule has 1 aromatic carbocycles. The van der Waals surface area contributed by atoms with Crippen LogP contribution in [0.3, 0.4) is 0 Å². The number of hydrogen-bond acceptors (Lipinski definition) is 4. The Morgan fingerprint density at radius 3 is 2.67 bits per heavy atom. The largest absolute Gasteiger partial charge is 0.494 e. The maximum absolute atomic E-state index is 11.8. The molecule has 21 heavy (non-hydrogen) atoms. The van der Waals surface area contributed by atoms with Gasteiger partial charge in [-0.05, 0) is 56.7 Å². The van der Waals surface area contributed by atoms with Crippen molar-refractivity contribution in [3.05, 3.63) is 47.3 Å². The average molecular weight is 286 g/mol. The summed E-state index contributed by atoms with van der Waals surface area (Å²) in [6.45, 7) is 6.22. The van der Waals surface area contributed by atoms with Gasteiger partial charge in [-0.1, -0.05) is 0 Å². The van der Waals surface area contributed by atoms with E-state index in [1.54, 1.807) is 6.07 Å². The van der Waals surface area contributed by atoms with Crippen molar-refractivity contribution >= 4 is 11.6 Å². The SMILES string of the molecule is CCOc1ccc(C(C)=NNC(=O)c2cc(C)[nH]n2)cc1. The van der Waals surface area contributed by atoms with E-state index in [0.29, 0.717) is 18.0 Å². The highest BCUT2D eigenvalue weighted by molar-refractivity contribution is 6.00. The molecular weight excluding hydrogens is 268 g/mol. The fraction of sp³-hybridized carbons (Fsp3) is 0.267. The van der Waals surface area contributed by atoms with Gasteiger partial charge in [0.1, 0.15) is 5.75 Å². The number of aryl methyl sites for hydroxylation is 1. The van der Waals surface area contributed by atoms with E-state index >= 15 is 0 Å². The van der Waals surface area contributed by atoms with Crippen LogP contribution in [0.1, 0.15) is 35.6 Å². The van der Waals surface area contributed by atoms with Crippen LogP contribution in [0.15, 0.2) is 35.4 Å². The van der Waals surface area contributed by atoms with E-state index in [1.165, 1.54) is 0 Å². The molecule has 0 atom stereocenters. The van der Waals surface area contributed by atoms with E-state index in [1.807, 2.05) is 45.0 Å². The number of rotatable bonds is 5. The number of benzene rings is 1. The Kier molecular flexibility index (Phi) is 4.71. The van der Waals surface area contributed by atoms with Gasteiger partial charge in [-0.3, -0.25) is 9.89 Å². The highest BCUT2D eigenvalue weighted by Crippen LogP contribution is 2.12. The molecule has 0 unspecified atom stereocenters. The van der Waals surface area contributed by atoms with Gasteiger partial charge in [0.2, 0.25) is 0 Å². The fourth-order valence-electron chi connectivity index (χ4n) is 1.75. The zero-order valence-electron chi connectivity index (χ0n) is 12.3. The van der Waals surface area contributed by atoms with E-state index in [4.69, 9.17) is 4.74 Å². The Bertz CT molecular complexity index is 644. The van der Waals surface area contributed by atoms with Gasteiger partial charge in [0.15, 0.2) is 5.69 Å². The monoisotopic (exact) mass is 286 g/mol. The number of carbonyl (C=O) groups excluding carboxylic acids is 1. The van der Waals surface area contributed by atoms with E-state index in [0.717, 1.165) is 17.0 Å². The summed E-state index contributed by atoms with van der Waals surface area (Å²) in [5.41, 5.74) is 5.25. The lowest BCUT2D eigenvalue weighted by molar-refractivity contribution is 0.0950. The van der Waals surface area contributed by atoms with Crippen LogP contribution in [-0.2, 0) is 0 Å². The van der Waals surface area contributed by atoms with Gasteiger partial charge in [-0.2, -0.15) is 10.2 Å². The molecular formula is C15H18N4O2. The first-order valence-electron chi connectivity index (χ1n) is 6.70. The zero-order valence-corrected chi connectivity index (χ0v) is 12.3. The number of amides is 1. The predicted molar refractivity (Wildman–Crippen MR) is 80.6 cm³/mol. The molecule has 0 radical (unpaired) electrons. The van der Waals surface area contributed by atoms with Crippen LogP contribution in [0.2, 0.25) is 0 Å². The summed E-state index contributed by atoms with van der Waals surface area (Å²) in [4.78, 5) is 11.8. The van der Waals surface area contributed by atoms with E-state index < -0.39 is 0 Å². The molecule has 1 amide bonds. The minimum absolute atomic E-state index is 0.316. The fourth-order valence-corrected chi connectivity index (χ4v) is 1.75. The molecule has 1 aromatic heterocycles. The second-order valence-electron chi connectivity index (χ2n) is 4.53. The number of carbonyl (C=O) groups is 1. The van der Waals surface area contributed by atoms with E-state index in [-0.39, 0.29) is 5.91 Å². The molecule has 110 valence electrons. The van der Waals surface area contributed by atoms with Gasteiger partial charge in [-0.15, -0.1) is 0 Å². The molecule has 0 aliphatic carbocycles. The maximum atomic E-state index is 11.8. The number of hydrogen-bond donors (Lipinski definition) is 2. The van der Waals surface area contributed by atoms with Crippen LogP contribution >= 0.6 is 0 Å². The molecule has 0 saturated heterocycles. The Morgan fingerprint density at radius 2 is 2.10 bits per heavy atom. The first-order chi connectivity index (χ1) is 10.1. The molecule has 2 aromatic rings. The van der Waals surface area contributed by atoms with Gasteiger partial charge in [0.05, 0.1) is 12.3 Å². The number of aromatic amines is 1. The zero-order chi connectivity index (χ0) is 15.2. The van der Waals surface area contributed by atoms with Crippen LogP contribution in [0.25, 0.3) is 0 Å². The van der Waals surface area contributed by atoms with Crippen molar-refractivity contribution in [2.75, 3.05) is 6.61 Å². The normalized spacial score (nSPS) is 11.3. The van der Waals surface area contributed by atoms with Gasteiger partial charge in [0, 0.05) is 5.69 Å². The summed E-state index contributed by atoms with van der Waals surface area (Å²) in [6.07, 6.45) is 0. The van der Waals surface area contributed by atoms with E-state index in [2.05, 4.69) is 20.7 Å². The van der Waals surface area contributed by atoms with E-state index in [9.17, 15) is 4.79 Å². The first-order valence-corrected chi connectivity index (χ1v) is 6.70. The summed E-state index contributed by atoms with van der Waals surface area (Å²) in [7, 11) is 0. The number of nitrogens with zero attached hydrogens (tertiary/aromatic N) is 2. The van der Waals surface area contributed by atoms with Crippen molar-refractivity contribution in [2.24, 2.45) is 5.10 Å². The van der Waals surface area contributed by atoms with Crippen LogP contribution < -0.4 is 10.2 Å². The molecule has 0 saturated carbocycles. The number of hydrazone groups is 1. The van der Waals surface area contributed by atoms with Crippen molar-refractivity contribution in [3.63, 3.8) is 0 Å². The molecule has 2 rings (SSSR count). The third-order valence-corrected chi connectivity index (χ3v) is 2.85. The second-order valence-corrected chi connectivity index (χ2v) is 4.53. The predicted octanol–water partition coefficient (Wildman–Crippen LogP) is 2.27. The van der Waals surface area contributed by atoms with Gasteiger partial charge in [0.25, 0.3) is 5.91 Å². The third kappa shape index (κ3) is 3.92.